The minimum Gasteiger partial charge on any atom is -0.489 e. The number of likely N-dealkylation sites (tertiary alicyclic amines) is 1. The first-order valence-corrected chi connectivity index (χ1v) is 10.8. The maximum atomic E-state index is 14.6. The molecular formula is C23H25FN2O2S. The quantitative estimate of drug-likeness (QED) is 0.560. The van der Waals surface area contributed by atoms with Gasteiger partial charge in [-0.2, -0.15) is 0 Å². The first kappa shape index (κ1) is 19.9. The molecule has 1 amide bonds. The molecule has 0 atom stereocenters. The molecule has 4 rings (SSSR count). The number of carbonyl (C=O) groups is 1. The number of likely N-dealkylation sites (N-methyl/N-ethyl adjacent to an activating group) is 1. The molecule has 0 saturated carbocycles. The molecule has 0 aliphatic carbocycles. The monoisotopic (exact) mass is 412 g/mol. The summed E-state index contributed by atoms with van der Waals surface area (Å²) in [5.74, 6) is 0.310. The van der Waals surface area contributed by atoms with E-state index < -0.39 is 0 Å². The summed E-state index contributed by atoms with van der Waals surface area (Å²) in [5, 5.41) is 0.490. The number of para-hydroxylation sites is 1. The Hall–Kier alpha value is -2.44. The van der Waals surface area contributed by atoms with Crippen LogP contribution in [0.2, 0.25) is 0 Å². The highest BCUT2D eigenvalue weighted by molar-refractivity contribution is 7.21. The summed E-state index contributed by atoms with van der Waals surface area (Å²) >= 11 is 1.34. The Kier molecular flexibility index (Phi) is 6.11. The summed E-state index contributed by atoms with van der Waals surface area (Å²) in [6.07, 6.45) is 2.46. The molecule has 0 radical (unpaired) electrons. The number of hydrogen-bond donors (Lipinski definition) is 0. The zero-order valence-corrected chi connectivity index (χ0v) is 17.4. The van der Waals surface area contributed by atoms with Gasteiger partial charge in [0.2, 0.25) is 0 Å². The molecule has 4 nitrogen and oxygen atoms in total. The Morgan fingerprint density at radius 2 is 1.90 bits per heavy atom. The number of ether oxygens (including phenoxy) is 1. The van der Waals surface area contributed by atoms with Gasteiger partial charge >= 0.3 is 0 Å². The fraction of sp³-hybridized carbons (Fsp3) is 0.348. The summed E-state index contributed by atoms with van der Waals surface area (Å²) in [4.78, 5) is 17.9. The Morgan fingerprint density at radius 3 is 2.66 bits per heavy atom. The molecule has 3 aromatic rings. The molecule has 1 aromatic heterocycles. The number of benzene rings is 2. The zero-order chi connectivity index (χ0) is 20.2. The summed E-state index contributed by atoms with van der Waals surface area (Å²) in [6.45, 7) is 3.90. The number of halogens is 1. The number of rotatable bonds is 7. The lowest BCUT2D eigenvalue weighted by Crippen LogP contribution is -2.35. The second-order valence-electron chi connectivity index (χ2n) is 7.40. The lowest BCUT2D eigenvalue weighted by Gasteiger charge is -2.21. The minimum absolute atomic E-state index is 0.0727. The van der Waals surface area contributed by atoms with Crippen LogP contribution in [-0.2, 0) is 6.61 Å². The van der Waals surface area contributed by atoms with E-state index in [-0.39, 0.29) is 18.3 Å². The zero-order valence-electron chi connectivity index (χ0n) is 16.6. The minimum atomic E-state index is -0.316. The highest BCUT2D eigenvalue weighted by atomic mass is 32.1. The lowest BCUT2D eigenvalue weighted by atomic mass is 10.1. The van der Waals surface area contributed by atoms with Crippen molar-refractivity contribution in [1.82, 2.24) is 9.80 Å². The maximum Gasteiger partial charge on any atom is 0.264 e. The third-order valence-corrected chi connectivity index (χ3v) is 6.57. The Labute approximate surface area is 174 Å². The second-order valence-corrected chi connectivity index (χ2v) is 8.45. The molecule has 6 heteroatoms. The number of hydrogen-bond acceptors (Lipinski definition) is 4. The fourth-order valence-corrected chi connectivity index (χ4v) is 4.94. The molecule has 1 saturated heterocycles. The Balaban J connectivity index is 1.58. The molecule has 152 valence electrons. The molecule has 0 spiro atoms. The summed E-state index contributed by atoms with van der Waals surface area (Å²) in [5.41, 5.74) is 0.630. The van der Waals surface area contributed by atoms with Crippen LogP contribution < -0.4 is 4.74 Å². The van der Waals surface area contributed by atoms with Crippen LogP contribution in [0.15, 0.2) is 48.5 Å². The van der Waals surface area contributed by atoms with E-state index in [9.17, 15) is 9.18 Å². The fourth-order valence-electron chi connectivity index (χ4n) is 3.72. The molecule has 1 aliphatic rings. The molecule has 0 bridgehead atoms. The smallest absolute Gasteiger partial charge is 0.264 e. The van der Waals surface area contributed by atoms with Crippen LogP contribution in [-0.4, -0.2) is 48.9 Å². The summed E-state index contributed by atoms with van der Waals surface area (Å²) < 4.78 is 21.3. The van der Waals surface area contributed by atoms with Gasteiger partial charge in [0, 0.05) is 35.8 Å². The summed E-state index contributed by atoms with van der Waals surface area (Å²) in [7, 11) is 1.82. The van der Waals surface area contributed by atoms with Gasteiger partial charge < -0.3 is 14.5 Å². The predicted octanol–water partition coefficient (Wildman–Crippen LogP) is 4.79. The van der Waals surface area contributed by atoms with Crippen molar-refractivity contribution in [2.45, 2.75) is 19.4 Å². The van der Waals surface area contributed by atoms with Gasteiger partial charge in [-0.1, -0.05) is 24.3 Å². The topological polar surface area (TPSA) is 32.8 Å². The summed E-state index contributed by atoms with van der Waals surface area (Å²) in [6, 6.07) is 14.4. The highest BCUT2D eigenvalue weighted by Crippen LogP contribution is 2.34. The van der Waals surface area contributed by atoms with Gasteiger partial charge in [0.15, 0.2) is 0 Å². The molecule has 2 heterocycles. The largest absolute Gasteiger partial charge is 0.489 e. The Morgan fingerprint density at radius 1 is 1.14 bits per heavy atom. The third-order valence-electron chi connectivity index (χ3n) is 5.38. The first-order chi connectivity index (χ1) is 14.1. The molecular weight excluding hydrogens is 387 g/mol. The van der Waals surface area contributed by atoms with Crippen LogP contribution in [0.25, 0.3) is 10.1 Å². The van der Waals surface area contributed by atoms with Gasteiger partial charge in [0.05, 0.1) is 4.88 Å². The van der Waals surface area contributed by atoms with Gasteiger partial charge in [-0.15, -0.1) is 11.3 Å². The number of carbonyl (C=O) groups excluding carboxylic acids is 1. The van der Waals surface area contributed by atoms with Gasteiger partial charge in [-0.25, -0.2) is 4.39 Å². The molecule has 0 unspecified atom stereocenters. The average molecular weight is 413 g/mol. The normalized spacial score (nSPS) is 14.4. The van der Waals surface area contributed by atoms with Crippen LogP contribution in [0, 0.1) is 5.82 Å². The van der Waals surface area contributed by atoms with Crippen molar-refractivity contribution in [1.29, 1.82) is 0 Å². The van der Waals surface area contributed by atoms with E-state index in [1.165, 1.54) is 30.2 Å². The van der Waals surface area contributed by atoms with Crippen LogP contribution in [0.5, 0.6) is 5.75 Å². The SMILES string of the molecule is CN(CCN1CCCC1)C(=O)c1sc2cccc(F)c2c1COc1ccccc1. The molecule has 1 aliphatic heterocycles. The van der Waals surface area contributed by atoms with Gasteiger partial charge in [-0.05, 0) is 50.2 Å². The number of amides is 1. The number of thiophene rings is 1. The van der Waals surface area contributed by atoms with E-state index in [1.54, 1.807) is 11.0 Å². The van der Waals surface area contributed by atoms with Crippen LogP contribution >= 0.6 is 11.3 Å². The van der Waals surface area contributed by atoms with Crippen LogP contribution in [0.4, 0.5) is 4.39 Å². The van der Waals surface area contributed by atoms with Crippen molar-refractivity contribution in [2.24, 2.45) is 0 Å². The first-order valence-electron chi connectivity index (χ1n) is 9.99. The van der Waals surface area contributed by atoms with Gasteiger partial charge in [-0.3, -0.25) is 4.79 Å². The van der Waals surface area contributed by atoms with Crippen molar-refractivity contribution in [2.75, 3.05) is 33.2 Å². The van der Waals surface area contributed by atoms with E-state index in [1.807, 2.05) is 43.4 Å². The van der Waals surface area contributed by atoms with E-state index in [4.69, 9.17) is 4.74 Å². The Bertz CT molecular complexity index is 983. The van der Waals surface area contributed by atoms with Crippen LogP contribution in [0.1, 0.15) is 28.1 Å². The molecule has 1 fully saturated rings. The highest BCUT2D eigenvalue weighted by Gasteiger charge is 2.24. The predicted molar refractivity (Wildman–Crippen MR) is 115 cm³/mol. The molecule has 29 heavy (non-hydrogen) atoms. The second kappa shape index (κ2) is 8.93. The molecule has 2 aromatic carbocycles. The van der Waals surface area contributed by atoms with Crippen LogP contribution in [0.3, 0.4) is 0 Å². The number of fused-ring (bicyclic) bond motifs is 1. The average Bonchev–Trinajstić information content (AvgIpc) is 3.39. The molecule has 0 N–H and O–H groups in total. The standard InChI is InChI=1S/C23H25FN2O2S/c1-25(14-15-26-12-5-6-13-26)23(27)22-18(16-28-17-8-3-2-4-9-17)21-19(24)10-7-11-20(21)29-22/h2-4,7-11H,5-6,12-16H2,1H3. The van der Waals surface area contributed by atoms with Crippen molar-refractivity contribution in [3.63, 3.8) is 0 Å². The maximum absolute atomic E-state index is 14.6. The van der Waals surface area contributed by atoms with E-state index >= 15 is 0 Å². The lowest BCUT2D eigenvalue weighted by molar-refractivity contribution is 0.0784. The van der Waals surface area contributed by atoms with E-state index in [2.05, 4.69) is 4.90 Å². The van der Waals surface area contributed by atoms with E-state index in [0.717, 1.165) is 24.3 Å². The van der Waals surface area contributed by atoms with Crippen molar-refractivity contribution < 1.29 is 13.9 Å². The van der Waals surface area contributed by atoms with Gasteiger partial charge in [0.25, 0.3) is 5.91 Å². The van der Waals surface area contributed by atoms with Gasteiger partial charge in [0.1, 0.15) is 18.2 Å². The van der Waals surface area contributed by atoms with Crippen molar-refractivity contribution >= 4 is 27.3 Å². The van der Waals surface area contributed by atoms with Crippen molar-refractivity contribution in [3.05, 3.63) is 64.8 Å². The van der Waals surface area contributed by atoms with E-state index in [0.29, 0.717) is 28.1 Å². The number of nitrogens with zero attached hydrogens (tertiary/aromatic N) is 2. The van der Waals surface area contributed by atoms with Crippen molar-refractivity contribution in [3.8, 4) is 5.75 Å². The third kappa shape index (κ3) is 4.43.